The summed E-state index contributed by atoms with van der Waals surface area (Å²) in [5.41, 5.74) is 0.952. The molecule has 3 heterocycles. The van der Waals surface area contributed by atoms with Crippen molar-refractivity contribution in [3.05, 3.63) is 47.4 Å². The molecule has 1 N–H and O–H groups in total. The Hall–Kier alpha value is -3.07. The summed E-state index contributed by atoms with van der Waals surface area (Å²) in [6.45, 7) is 0.457. The van der Waals surface area contributed by atoms with Crippen molar-refractivity contribution >= 4 is 44.9 Å². The van der Waals surface area contributed by atoms with Crippen LogP contribution in [0.15, 0.2) is 36.0 Å². The number of rotatable bonds is 4. The van der Waals surface area contributed by atoms with E-state index in [0.29, 0.717) is 40.3 Å². The Morgan fingerprint density at radius 2 is 2.22 bits per heavy atom. The first-order valence-electron chi connectivity index (χ1n) is 8.22. The molecule has 9 heteroatoms. The fourth-order valence-electron chi connectivity index (χ4n) is 3.10. The standard InChI is InChI=1S/C18H15FN4O3S/c1-26-18(25)11-5-7-27-17(11)23-6-4-14(16(23)24)22-15-12-8-10(19)2-3-13(12)20-9-21-15/h2-3,5,7-9,14H,4,6H2,1H3,(H,20,21,22). The monoisotopic (exact) mass is 386 g/mol. The fraction of sp³-hybridized carbons (Fsp3) is 0.222. The third-order valence-electron chi connectivity index (χ3n) is 4.41. The van der Waals surface area contributed by atoms with Gasteiger partial charge < -0.3 is 15.0 Å². The number of esters is 1. The first-order valence-corrected chi connectivity index (χ1v) is 9.10. The second kappa shape index (κ2) is 6.92. The van der Waals surface area contributed by atoms with Gasteiger partial charge in [-0.2, -0.15) is 0 Å². The number of benzene rings is 1. The zero-order valence-corrected chi connectivity index (χ0v) is 15.1. The van der Waals surface area contributed by atoms with Gasteiger partial charge in [0, 0.05) is 11.9 Å². The molecule has 1 fully saturated rings. The molecule has 4 rings (SSSR count). The Morgan fingerprint density at radius 1 is 1.37 bits per heavy atom. The molecule has 1 amide bonds. The minimum atomic E-state index is -0.529. The summed E-state index contributed by atoms with van der Waals surface area (Å²) in [5.74, 6) is -0.654. The minimum absolute atomic E-state index is 0.175. The predicted molar refractivity (Wildman–Crippen MR) is 99.5 cm³/mol. The van der Waals surface area contributed by atoms with Crippen LogP contribution < -0.4 is 10.2 Å². The summed E-state index contributed by atoms with van der Waals surface area (Å²) < 4.78 is 18.4. The lowest BCUT2D eigenvalue weighted by Gasteiger charge is -2.17. The van der Waals surface area contributed by atoms with Gasteiger partial charge in [-0.1, -0.05) is 0 Å². The summed E-state index contributed by atoms with van der Waals surface area (Å²) in [7, 11) is 1.30. The fourth-order valence-corrected chi connectivity index (χ4v) is 4.02. The molecule has 0 spiro atoms. The van der Waals surface area contributed by atoms with Crippen molar-refractivity contribution in [2.75, 3.05) is 23.9 Å². The average Bonchev–Trinajstić information content (AvgIpc) is 3.29. The highest BCUT2D eigenvalue weighted by Gasteiger charge is 2.35. The molecule has 1 unspecified atom stereocenters. The van der Waals surface area contributed by atoms with Crippen LogP contribution >= 0.6 is 11.3 Å². The molecule has 1 saturated heterocycles. The Balaban J connectivity index is 1.60. The summed E-state index contributed by atoms with van der Waals surface area (Å²) in [5, 5.41) is 5.92. The van der Waals surface area contributed by atoms with Gasteiger partial charge in [0.15, 0.2) is 0 Å². The van der Waals surface area contributed by atoms with Gasteiger partial charge in [0.2, 0.25) is 5.91 Å². The lowest BCUT2D eigenvalue weighted by atomic mass is 10.2. The summed E-state index contributed by atoms with van der Waals surface area (Å²) >= 11 is 1.31. The normalized spacial score (nSPS) is 16.7. The summed E-state index contributed by atoms with van der Waals surface area (Å²) in [4.78, 5) is 34.6. The lowest BCUT2D eigenvalue weighted by molar-refractivity contribution is -0.117. The van der Waals surface area contributed by atoms with E-state index in [0.717, 1.165) is 0 Å². The second-order valence-corrected chi connectivity index (χ2v) is 6.88. The molecular formula is C18H15FN4O3S. The van der Waals surface area contributed by atoms with Gasteiger partial charge in [0.1, 0.15) is 29.0 Å². The van der Waals surface area contributed by atoms with Gasteiger partial charge in [-0.25, -0.2) is 19.2 Å². The lowest BCUT2D eigenvalue weighted by Crippen LogP contribution is -2.34. The quantitative estimate of drug-likeness (QED) is 0.694. The van der Waals surface area contributed by atoms with Crippen molar-refractivity contribution in [3.63, 3.8) is 0 Å². The third kappa shape index (κ3) is 3.10. The van der Waals surface area contributed by atoms with Crippen molar-refractivity contribution in [3.8, 4) is 0 Å². The number of methoxy groups -OCH3 is 1. The van der Waals surface area contributed by atoms with Gasteiger partial charge in [0.25, 0.3) is 0 Å². The molecule has 0 aliphatic carbocycles. The van der Waals surface area contributed by atoms with E-state index in [1.165, 1.54) is 36.9 Å². The number of hydrogen-bond donors (Lipinski definition) is 1. The van der Waals surface area contributed by atoms with Gasteiger partial charge in [-0.3, -0.25) is 4.79 Å². The number of aromatic nitrogens is 2. The molecular weight excluding hydrogens is 371 g/mol. The maximum atomic E-state index is 13.6. The maximum Gasteiger partial charge on any atom is 0.340 e. The number of ether oxygens (including phenoxy) is 1. The van der Waals surface area contributed by atoms with Crippen LogP contribution in [-0.4, -0.2) is 41.5 Å². The SMILES string of the molecule is COC(=O)c1ccsc1N1CCC(Nc2ncnc3ccc(F)cc23)C1=O. The Bertz CT molecular complexity index is 1040. The van der Waals surface area contributed by atoms with Gasteiger partial charge in [-0.05, 0) is 36.1 Å². The summed E-state index contributed by atoms with van der Waals surface area (Å²) in [6.07, 6.45) is 1.90. The molecule has 1 aliphatic heterocycles. The molecule has 1 aromatic carbocycles. The average molecular weight is 386 g/mol. The van der Waals surface area contributed by atoms with E-state index in [-0.39, 0.29) is 5.91 Å². The van der Waals surface area contributed by atoms with Crippen LogP contribution in [0.2, 0.25) is 0 Å². The van der Waals surface area contributed by atoms with Crippen LogP contribution in [0.3, 0.4) is 0 Å². The van der Waals surface area contributed by atoms with Crippen molar-refractivity contribution < 1.29 is 18.7 Å². The maximum absolute atomic E-state index is 13.6. The first kappa shape index (κ1) is 17.3. The second-order valence-electron chi connectivity index (χ2n) is 5.99. The molecule has 138 valence electrons. The number of carbonyl (C=O) groups is 2. The van der Waals surface area contributed by atoms with Crippen LogP contribution in [0.1, 0.15) is 16.8 Å². The highest BCUT2D eigenvalue weighted by atomic mass is 32.1. The number of carbonyl (C=O) groups excluding carboxylic acids is 2. The molecule has 27 heavy (non-hydrogen) atoms. The van der Waals surface area contributed by atoms with Crippen LogP contribution in [0, 0.1) is 5.82 Å². The van der Waals surface area contributed by atoms with Gasteiger partial charge >= 0.3 is 5.97 Å². The van der Waals surface area contributed by atoms with E-state index in [2.05, 4.69) is 15.3 Å². The number of halogens is 1. The van der Waals surface area contributed by atoms with Crippen molar-refractivity contribution in [2.24, 2.45) is 0 Å². The zero-order valence-electron chi connectivity index (χ0n) is 14.3. The van der Waals surface area contributed by atoms with Crippen LogP contribution in [0.5, 0.6) is 0 Å². The molecule has 3 aromatic rings. The summed E-state index contributed by atoms with van der Waals surface area (Å²) in [6, 6.07) is 5.34. The number of anilines is 2. The largest absolute Gasteiger partial charge is 0.465 e. The Labute approximate surface area is 157 Å². The van der Waals surface area contributed by atoms with Crippen LogP contribution in [-0.2, 0) is 9.53 Å². The molecule has 0 radical (unpaired) electrons. The highest BCUT2D eigenvalue weighted by molar-refractivity contribution is 7.14. The number of thiophene rings is 1. The molecule has 1 aliphatic rings. The van der Waals surface area contributed by atoms with Crippen molar-refractivity contribution in [2.45, 2.75) is 12.5 Å². The molecule has 1 atom stereocenters. The van der Waals surface area contributed by atoms with Crippen molar-refractivity contribution in [1.82, 2.24) is 9.97 Å². The van der Waals surface area contributed by atoms with E-state index in [9.17, 15) is 14.0 Å². The van der Waals surface area contributed by atoms with E-state index in [4.69, 9.17) is 4.74 Å². The smallest absolute Gasteiger partial charge is 0.340 e. The molecule has 0 bridgehead atoms. The number of hydrogen-bond acceptors (Lipinski definition) is 7. The van der Waals surface area contributed by atoms with E-state index < -0.39 is 17.8 Å². The predicted octanol–water partition coefficient (Wildman–Crippen LogP) is 2.83. The number of amides is 1. The highest BCUT2D eigenvalue weighted by Crippen LogP contribution is 2.33. The van der Waals surface area contributed by atoms with E-state index in [1.807, 2.05) is 0 Å². The molecule has 2 aromatic heterocycles. The van der Waals surface area contributed by atoms with Crippen LogP contribution in [0.4, 0.5) is 15.2 Å². The molecule has 7 nitrogen and oxygen atoms in total. The third-order valence-corrected chi connectivity index (χ3v) is 5.34. The first-order chi connectivity index (χ1) is 13.1. The van der Waals surface area contributed by atoms with E-state index >= 15 is 0 Å². The Kier molecular flexibility index (Phi) is 4.44. The Morgan fingerprint density at radius 3 is 3.04 bits per heavy atom. The van der Waals surface area contributed by atoms with Gasteiger partial charge in [0.05, 0.1) is 18.2 Å². The zero-order chi connectivity index (χ0) is 19.0. The van der Waals surface area contributed by atoms with Crippen LogP contribution in [0.25, 0.3) is 10.9 Å². The number of fused-ring (bicyclic) bond motifs is 1. The number of nitrogens with zero attached hydrogens (tertiary/aromatic N) is 3. The molecule has 0 saturated carbocycles. The van der Waals surface area contributed by atoms with E-state index in [1.54, 1.807) is 22.4 Å². The van der Waals surface area contributed by atoms with Crippen molar-refractivity contribution in [1.29, 1.82) is 0 Å². The number of nitrogens with one attached hydrogen (secondary N) is 1. The van der Waals surface area contributed by atoms with Gasteiger partial charge in [-0.15, -0.1) is 11.3 Å². The topological polar surface area (TPSA) is 84.4 Å². The minimum Gasteiger partial charge on any atom is -0.465 e.